The van der Waals surface area contributed by atoms with Gasteiger partial charge in [0.1, 0.15) is 0 Å². The average molecular weight is 429 g/mol. The Bertz CT molecular complexity index is 437. The molecule has 0 aliphatic rings. The first-order chi connectivity index (χ1) is 14.4. The molecule has 0 aliphatic heterocycles. The number of rotatable bonds is 22. The highest BCUT2D eigenvalue weighted by Gasteiger charge is 2.45. The van der Waals surface area contributed by atoms with Crippen molar-refractivity contribution in [2.24, 2.45) is 0 Å². The van der Waals surface area contributed by atoms with Crippen LogP contribution in [-0.4, -0.2) is 45.2 Å². The topological polar surface area (TPSA) is 94.8 Å². The molecular formula is C25H48O5. The van der Waals surface area contributed by atoms with Crippen LogP contribution in [0.5, 0.6) is 0 Å². The second kappa shape index (κ2) is 18.9. The highest BCUT2D eigenvalue weighted by atomic mass is 16.4. The normalized spacial score (nSPS) is 14.4. The van der Waals surface area contributed by atoms with E-state index in [1.54, 1.807) is 6.92 Å². The molecule has 0 aromatic rings. The first-order valence-corrected chi connectivity index (χ1v) is 12.5. The lowest BCUT2D eigenvalue weighted by Gasteiger charge is -2.28. The molecule has 0 fully saturated rings. The summed E-state index contributed by atoms with van der Waals surface area (Å²) >= 11 is 0. The molecule has 0 heterocycles. The molecule has 0 saturated carbocycles. The van der Waals surface area contributed by atoms with Crippen molar-refractivity contribution in [3.8, 4) is 0 Å². The first-order valence-electron chi connectivity index (χ1n) is 12.5. The summed E-state index contributed by atoms with van der Waals surface area (Å²) in [5.41, 5.74) is -2.36. The summed E-state index contributed by atoms with van der Waals surface area (Å²) in [5.74, 6) is -1.24. The van der Waals surface area contributed by atoms with E-state index in [0.717, 1.165) is 19.3 Å². The Labute approximate surface area is 184 Å². The summed E-state index contributed by atoms with van der Waals surface area (Å²) in [6.07, 6.45) is 17.3. The molecule has 0 amide bonds. The number of carbonyl (C=O) groups excluding carboxylic acids is 2. The van der Waals surface area contributed by atoms with Gasteiger partial charge in [-0.05, 0) is 12.8 Å². The number of Topliss-reactive ketones (excluding diaryl/α,β-unsaturated/α-hetero) is 2. The molecular weight excluding hydrogens is 380 g/mol. The van der Waals surface area contributed by atoms with Gasteiger partial charge in [0.15, 0.2) is 23.3 Å². The molecule has 2 unspecified atom stereocenters. The number of hydrogen-bond acceptors (Lipinski definition) is 5. The van der Waals surface area contributed by atoms with Gasteiger partial charge in [-0.25, -0.2) is 0 Å². The van der Waals surface area contributed by atoms with Crippen molar-refractivity contribution in [3.05, 3.63) is 0 Å². The number of aliphatic hydroxyl groups is 3. The van der Waals surface area contributed by atoms with Crippen LogP contribution in [0.4, 0.5) is 0 Å². The number of hydrogen-bond donors (Lipinski definition) is 3. The SMILES string of the molecule is CCCCCCCCCCCCCCCCCC(=O)C(O)C(O)(CO)C(=O)CCC. The van der Waals surface area contributed by atoms with Crippen LogP contribution in [0.25, 0.3) is 0 Å². The molecule has 30 heavy (non-hydrogen) atoms. The summed E-state index contributed by atoms with van der Waals surface area (Å²) in [6.45, 7) is 3.08. The predicted molar refractivity (Wildman–Crippen MR) is 123 cm³/mol. The monoisotopic (exact) mass is 428 g/mol. The smallest absolute Gasteiger partial charge is 0.178 e. The maximum absolute atomic E-state index is 12.1. The molecule has 0 aromatic heterocycles. The van der Waals surface area contributed by atoms with Crippen LogP contribution in [0.1, 0.15) is 129 Å². The van der Waals surface area contributed by atoms with E-state index in [1.165, 1.54) is 70.6 Å². The molecule has 0 saturated heterocycles. The van der Waals surface area contributed by atoms with Gasteiger partial charge in [0, 0.05) is 12.8 Å². The summed E-state index contributed by atoms with van der Waals surface area (Å²) in [6, 6.07) is 0. The number of ketones is 2. The Morgan fingerprint density at radius 2 is 1.07 bits per heavy atom. The largest absolute Gasteiger partial charge is 0.393 e. The van der Waals surface area contributed by atoms with E-state index < -0.39 is 29.9 Å². The van der Waals surface area contributed by atoms with Crippen LogP contribution in [0.2, 0.25) is 0 Å². The first kappa shape index (κ1) is 29.2. The van der Waals surface area contributed by atoms with Gasteiger partial charge in [0.05, 0.1) is 6.61 Å². The van der Waals surface area contributed by atoms with Gasteiger partial charge in [-0.3, -0.25) is 9.59 Å². The van der Waals surface area contributed by atoms with E-state index in [0.29, 0.717) is 12.8 Å². The van der Waals surface area contributed by atoms with Crippen LogP contribution in [0, 0.1) is 0 Å². The van der Waals surface area contributed by atoms with E-state index >= 15 is 0 Å². The lowest BCUT2D eigenvalue weighted by atomic mass is 9.86. The van der Waals surface area contributed by atoms with Gasteiger partial charge in [0.25, 0.3) is 0 Å². The van der Waals surface area contributed by atoms with Gasteiger partial charge >= 0.3 is 0 Å². The van der Waals surface area contributed by atoms with Gasteiger partial charge in [-0.1, -0.05) is 104 Å². The quantitative estimate of drug-likeness (QED) is 0.204. The van der Waals surface area contributed by atoms with E-state index in [-0.39, 0.29) is 12.8 Å². The molecule has 178 valence electrons. The minimum atomic E-state index is -2.36. The summed E-state index contributed by atoms with van der Waals surface area (Å²) in [7, 11) is 0. The Hall–Kier alpha value is -0.780. The van der Waals surface area contributed by atoms with Crippen LogP contribution in [0.15, 0.2) is 0 Å². The Kier molecular flexibility index (Phi) is 18.5. The maximum atomic E-state index is 12.1. The van der Waals surface area contributed by atoms with Crippen molar-refractivity contribution in [3.63, 3.8) is 0 Å². The van der Waals surface area contributed by atoms with E-state index in [1.807, 2.05) is 0 Å². The Balaban J connectivity index is 3.68. The van der Waals surface area contributed by atoms with Crippen molar-refractivity contribution in [1.82, 2.24) is 0 Å². The zero-order chi connectivity index (χ0) is 22.7. The van der Waals surface area contributed by atoms with Gasteiger partial charge in [-0.15, -0.1) is 0 Å². The maximum Gasteiger partial charge on any atom is 0.178 e. The highest BCUT2D eigenvalue weighted by molar-refractivity contribution is 5.96. The van der Waals surface area contributed by atoms with Crippen molar-refractivity contribution in [2.45, 2.75) is 141 Å². The summed E-state index contributed by atoms with van der Waals surface area (Å²) in [4.78, 5) is 24.1. The lowest BCUT2D eigenvalue weighted by Crippen LogP contribution is -2.55. The number of aliphatic hydroxyl groups excluding tert-OH is 2. The Morgan fingerprint density at radius 1 is 0.667 bits per heavy atom. The highest BCUT2D eigenvalue weighted by Crippen LogP contribution is 2.19. The van der Waals surface area contributed by atoms with Crippen LogP contribution in [0.3, 0.4) is 0 Å². The fourth-order valence-electron chi connectivity index (χ4n) is 3.84. The third-order valence-corrected chi connectivity index (χ3v) is 5.99. The Morgan fingerprint density at radius 3 is 1.43 bits per heavy atom. The van der Waals surface area contributed by atoms with Gasteiger partial charge in [0.2, 0.25) is 0 Å². The molecule has 0 radical (unpaired) electrons. The molecule has 3 N–H and O–H groups in total. The van der Waals surface area contributed by atoms with Crippen LogP contribution in [-0.2, 0) is 9.59 Å². The fraction of sp³-hybridized carbons (Fsp3) is 0.920. The van der Waals surface area contributed by atoms with Gasteiger partial charge < -0.3 is 15.3 Å². The van der Waals surface area contributed by atoms with E-state index in [9.17, 15) is 24.9 Å². The predicted octanol–water partition coefficient (Wildman–Crippen LogP) is 5.27. The van der Waals surface area contributed by atoms with Gasteiger partial charge in [-0.2, -0.15) is 0 Å². The molecule has 2 atom stereocenters. The third kappa shape index (κ3) is 12.8. The lowest BCUT2D eigenvalue weighted by molar-refractivity contribution is -0.165. The number of unbranched alkanes of at least 4 members (excludes halogenated alkanes) is 14. The molecule has 5 nitrogen and oxygen atoms in total. The average Bonchev–Trinajstić information content (AvgIpc) is 2.75. The van der Waals surface area contributed by atoms with Crippen molar-refractivity contribution >= 4 is 11.6 Å². The van der Waals surface area contributed by atoms with E-state index in [2.05, 4.69) is 6.92 Å². The van der Waals surface area contributed by atoms with E-state index in [4.69, 9.17) is 0 Å². The van der Waals surface area contributed by atoms with Crippen molar-refractivity contribution in [1.29, 1.82) is 0 Å². The minimum absolute atomic E-state index is 0.0281. The zero-order valence-corrected chi connectivity index (χ0v) is 19.7. The molecule has 5 heteroatoms. The zero-order valence-electron chi connectivity index (χ0n) is 19.7. The minimum Gasteiger partial charge on any atom is -0.393 e. The van der Waals surface area contributed by atoms with Crippen molar-refractivity contribution < 1.29 is 24.9 Å². The summed E-state index contributed by atoms with van der Waals surface area (Å²) in [5, 5.41) is 29.6. The van der Waals surface area contributed by atoms with Crippen LogP contribution < -0.4 is 0 Å². The molecule has 0 spiro atoms. The fourth-order valence-corrected chi connectivity index (χ4v) is 3.84. The molecule has 0 rings (SSSR count). The second-order valence-corrected chi connectivity index (χ2v) is 8.82. The van der Waals surface area contributed by atoms with Crippen molar-refractivity contribution in [2.75, 3.05) is 6.61 Å². The standard InChI is InChI=1S/C25H48O5/c1-3-5-6-7-8-9-10-11-12-13-14-15-16-17-18-20-22(27)24(29)25(30,21-26)23(28)19-4-2/h24,26,29-30H,3-21H2,1-2H3. The molecule has 0 aliphatic carbocycles. The molecule has 0 bridgehead atoms. The summed E-state index contributed by atoms with van der Waals surface area (Å²) < 4.78 is 0. The number of carbonyl (C=O) groups is 2. The third-order valence-electron chi connectivity index (χ3n) is 5.99. The molecule has 0 aromatic carbocycles. The van der Waals surface area contributed by atoms with Crippen LogP contribution >= 0.6 is 0 Å². The second-order valence-electron chi connectivity index (χ2n) is 8.82.